The van der Waals surface area contributed by atoms with Crippen molar-refractivity contribution in [2.75, 3.05) is 17.2 Å². The average Bonchev–Trinajstić information content (AvgIpc) is 2.82. The maximum atomic E-state index is 11.5. The Hall–Kier alpha value is -0.900. The third kappa shape index (κ3) is 3.80. The zero-order valence-corrected chi connectivity index (χ0v) is 10.9. The van der Waals surface area contributed by atoms with Crippen molar-refractivity contribution < 1.29 is 0 Å². The van der Waals surface area contributed by atoms with Crippen molar-refractivity contribution in [2.24, 2.45) is 5.92 Å². The van der Waals surface area contributed by atoms with Gasteiger partial charge in [0.05, 0.1) is 0 Å². The Morgan fingerprint density at radius 2 is 2.12 bits per heavy atom. The van der Waals surface area contributed by atoms with Crippen LogP contribution in [0.1, 0.15) is 25.7 Å². The van der Waals surface area contributed by atoms with E-state index in [0.29, 0.717) is 5.69 Å². The molecule has 0 unspecified atom stereocenters. The molecule has 0 amide bonds. The zero-order valence-electron chi connectivity index (χ0n) is 10.1. The van der Waals surface area contributed by atoms with Crippen LogP contribution in [-0.2, 0) is 6.54 Å². The number of anilines is 1. The Morgan fingerprint density at radius 1 is 1.35 bits per heavy atom. The minimum Gasteiger partial charge on any atom is -0.398 e. The van der Waals surface area contributed by atoms with Crippen LogP contribution in [0.25, 0.3) is 0 Å². The van der Waals surface area contributed by atoms with E-state index in [4.69, 9.17) is 5.73 Å². The molecule has 0 atom stereocenters. The van der Waals surface area contributed by atoms with E-state index in [0.717, 1.165) is 18.2 Å². The van der Waals surface area contributed by atoms with Gasteiger partial charge in [-0.2, -0.15) is 11.8 Å². The Kier molecular flexibility index (Phi) is 4.54. The van der Waals surface area contributed by atoms with Crippen LogP contribution >= 0.6 is 11.8 Å². The first-order valence-electron chi connectivity index (χ1n) is 6.29. The molecule has 3 nitrogen and oxygen atoms in total. The summed E-state index contributed by atoms with van der Waals surface area (Å²) < 4.78 is 1.71. The van der Waals surface area contributed by atoms with Crippen LogP contribution in [0, 0.1) is 5.92 Å². The molecular weight excluding hydrogens is 232 g/mol. The largest absolute Gasteiger partial charge is 0.398 e. The monoisotopic (exact) mass is 252 g/mol. The standard InChI is InChI=1S/C13H20N2OS/c14-12-5-6-13(16)15(9-12)7-8-17-10-11-3-1-2-4-11/h5-6,9,11H,1-4,7-8,10,14H2. The summed E-state index contributed by atoms with van der Waals surface area (Å²) in [6, 6.07) is 3.20. The van der Waals surface area contributed by atoms with E-state index < -0.39 is 0 Å². The quantitative estimate of drug-likeness (QED) is 0.818. The van der Waals surface area contributed by atoms with E-state index in [1.165, 1.54) is 37.5 Å². The molecule has 0 spiro atoms. The van der Waals surface area contributed by atoms with Gasteiger partial charge in [0, 0.05) is 30.2 Å². The molecule has 1 saturated carbocycles. The third-order valence-corrected chi connectivity index (χ3v) is 4.49. The zero-order chi connectivity index (χ0) is 12.1. The van der Waals surface area contributed by atoms with Gasteiger partial charge >= 0.3 is 0 Å². The van der Waals surface area contributed by atoms with Gasteiger partial charge in [-0.15, -0.1) is 0 Å². The molecule has 2 N–H and O–H groups in total. The first-order chi connectivity index (χ1) is 8.25. The van der Waals surface area contributed by atoms with E-state index >= 15 is 0 Å². The van der Waals surface area contributed by atoms with Gasteiger partial charge in [-0.1, -0.05) is 12.8 Å². The van der Waals surface area contributed by atoms with Crippen LogP contribution in [0.5, 0.6) is 0 Å². The lowest BCUT2D eigenvalue weighted by atomic mass is 10.1. The lowest BCUT2D eigenvalue weighted by Gasteiger charge is -2.09. The van der Waals surface area contributed by atoms with Crippen molar-refractivity contribution >= 4 is 17.4 Å². The van der Waals surface area contributed by atoms with Crippen molar-refractivity contribution in [3.63, 3.8) is 0 Å². The number of thioether (sulfide) groups is 1. The molecule has 17 heavy (non-hydrogen) atoms. The first-order valence-corrected chi connectivity index (χ1v) is 7.45. The number of hydrogen-bond acceptors (Lipinski definition) is 3. The van der Waals surface area contributed by atoms with Crippen molar-refractivity contribution in [2.45, 2.75) is 32.2 Å². The Balaban J connectivity index is 1.74. The number of aryl methyl sites for hydroxylation is 1. The maximum Gasteiger partial charge on any atom is 0.250 e. The van der Waals surface area contributed by atoms with Crippen molar-refractivity contribution in [3.05, 3.63) is 28.7 Å². The third-order valence-electron chi connectivity index (χ3n) is 3.31. The van der Waals surface area contributed by atoms with Gasteiger partial charge in [0.25, 0.3) is 5.56 Å². The molecular formula is C13H20N2OS. The molecule has 2 rings (SSSR count). The molecule has 0 aromatic carbocycles. The molecule has 0 radical (unpaired) electrons. The smallest absolute Gasteiger partial charge is 0.250 e. The molecule has 1 aromatic rings. The Bertz CT molecular complexity index is 410. The summed E-state index contributed by atoms with van der Waals surface area (Å²) in [4.78, 5) is 11.5. The molecule has 0 aliphatic heterocycles. The minimum atomic E-state index is 0.0423. The average molecular weight is 252 g/mol. The molecule has 1 fully saturated rings. The molecule has 1 aromatic heterocycles. The van der Waals surface area contributed by atoms with E-state index in [-0.39, 0.29) is 5.56 Å². The number of hydrogen-bond donors (Lipinski definition) is 1. The fourth-order valence-corrected chi connectivity index (χ4v) is 3.47. The molecule has 1 aliphatic carbocycles. The number of nitrogens with zero attached hydrogens (tertiary/aromatic N) is 1. The molecule has 94 valence electrons. The number of nitrogens with two attached hydrogens (primary N) is 1. The van der Waals surface area contributed by atoms with Gasteiger partial charge in [-0.25, -0.2) is 0 Å². The first kappa shape index (κ1) is 12.6. The van der Waals surface area contributed by atoms with Crippen LogP contribution in [-0.4, -0.2) is 16.1 Å². The maximum absolute atomic E-state index is 11.5. The summed E-state index contributed by atoms with van der Waals surface area (Å²) in [5.74, 6) is 3.16. The van der Waals surface area contributed by atoms with Crippen LogP contribution in [0.2, 0.25) is 0 Å². The highest BCUT2D eigenvalue weighted by molar-refractivity contribution is 7.99. The summed E-state index contributed by atoms with van der Waals surface area (Å²) in [6.45, 7) is 0.765. The number of aromatic nitrogens is 1. The van der Waals surface area contributed by atoms with E-state index in [9.17, 15) is 4.79 Å². The molecule has 0 saturated heterocycles. The van der Waals surface area contributed by atoms with E-state index in [1.54, 1.807) is 16.8 Å². The van der Waals surface area contributed by atoms with Crippen molar-refractivity contribution in [1.82, 2.24) is 4.57 Å². The molecule has 1 heterocycles. The van der Waals surface area contributed by atoms with Crippen LogP contribution in [0.15, 0.2) is 23.1 Å². The molecule has 1 aliphatic rings. The summed E-state index contributed by atoms with van der Waals surface area (Å²) >= 11 is 1.96. The van der Waals surface area contributed by atoms with Gasteiger partial charge in [-0.05, 0) is 30.6 Å². The van der Waals surface area contributed by atoms with E-state index in [1.807, 2.05) is 11.8 Å². The normalized spacial score (nSPS) is 16.5. The van der Waals surface area contributed by atoms with Crippen LogP contribution in [0.4, 0.5) is 5.69 Å². The highest BCUT2D eigenvalue weighted by Gasteiger charge is 2.14. The second-order valence-electron chi connectivity index (χ2n) is 4.72. The van der Waals surface area contributed by atoms with Crippen LogP contribution < -0.4 is 11.3 Å². The van der Waals surface area contributed by atoms with Crippen LogP contribution in [0.3, 0.4) is 0 Å². The highest BCUT2D eigenvalue weighted by atomic mass is 32.2. The fraction of sp³-hybridized carbons (Fsp3) is 0.615. The SMILES string of the molecule is Nc1ccc(=O)n(CCSCC2CCCC2)c1. The Labute approximate surface area is 106 Å². The highest BCUT2D eigenvalue weighted by Crippen LogP contribution is 2.27. The Morgan fingerprint density at radius 3 is 2.88 bits per heavy atom. The molecule has 0 bridgehead atoms. The predicted octanol–water partition coefficient (Wildman–Crippen LogP) is 2.35. The lowest BCUT2D eigenvalue weighted by Crippen LogP contribution is -2.20. The predicted molar refractivity (Wildman–Crippen MR) is 74.4 cm³/mol. The summed E-state index contributed by atoms with van der Waals surface area (Å²) in [7, 11) is 0. The van der Waals surface area contributed by atoms with E-state index in [2.05, 4.69) is 0 Å². The molecule has 4 heteroatoms. The van der Waals surface area contributed by atoms with Gasteiger partial charge < -0.3 is 10.3 Å². The van der Waals surface area contributed by atoms with Gasteiger partial charge in [-0.3, -0.25) is 4.79 Å². The second-order valence-corrected chi connectivity index (χ2v) is 5.87. The summed E-state index contributed by atoms with van der Waals surface area (Å²) in [6.07, 6.45) is 7.33. The van der Waals surface area contributed by atoms with Crippen molar-refractivity contribution in [3.8, 4) is 0 Å². The van der Waals surface area contributed by atoms with Gasteiger partial charge in [0.15, 0.2) is 0 Å². The fourth-order valence-electron chi connectivity index (χ4n) is 2.31. The lowest BCUT2D eigenvalue weighted by molar-refractivity contribution is 0.622. The summed E-state index contributed by atoms with van der Waals surface area (Å²) in [5, 5.41) is 0. The topological polar surface area (TPSA) is 48.0 Å². The van der Waals surface area contributed by atoms with Gasteiger partial charge in [0.2, 0.25) is 0 Å². The number of nitrogen functional groups attached to an aromatic ring is 1. The van der Waals surface area contributed by atoms with Crippen molar-refractivity contribution in [1.29, 1.82) is 0 Å². The second kappa shape index (κ2) is 6.15. The minimum absolute atomic E-state index is 0.0423. The summed E-state index contributed by atoms with van der Waals surface area (Å²) in [5.41, 5.74) is 6.36. The number of rotatable bonds is 5. The van der Waals surface area contributed by atoms with Gasteiger partial charge in [0.1, 0.15) is 0 Å². The number of pyridine rings is 1.